The molecule has 2 aromatic heterocycles. The molecule has 2 N–H and O–H groups in total. The van der Waals surface area contributed by atoms with Gasteiger partial charge in [0.15, 0.2) is 5.82 Å². The molecule has 0 spiro atoms. The second kappa shape index (κ2) is 4.86. The van der Waals surface area contributed by atoms with Crippen molar-refractivity contribution in [2.75, 3.05) is 18.0 Å². The molecule has 0 aliphatic carbocycles. The minimum atomic E-state index is 0.469. The van der Waals surface area contributed by atoms with Gasteiger partial charge in [-0.3, -0.25) is 0 Å². The third kappa shape index (κ3) is 1.89. The largest absolute Gasteiger partial charge is 0.330 e. The van der Waals surface area contributed by atoms with Gasteiger partial charge in [-0.05, 0) is 30.7 Å². The summed E-state index contributed by atoms with van der Waals surface area (Å²) in [5.41, 5.74) is 9.40. The molecule has 0 bridgehead atoms. The number of nitrogens with zero attached hydrogens (tertiary/aromatic N) is 4. The van der Waals surface area contributed by atoms with Crippen molar-refractivity contribution < 1.29 is 0 Å². The summed E-state index contributed by atoms with van der Waals surface area (Å²) < 4.78 is 1.86. The summed E-state index contributed by atoms with van der Waals surface area (Å²) in [7, 11) is 0. The van der Waals surface area contributed by atoms with Crippen LogP contribution in [0.1, 0.15) is 17.9 Å². The number of para-hydroxylation sites is 1. The van der Waals surface area contributed by atoms with Crippen LogP contribution in [0.5, 0.6) is 0 Å². The fourth-order valence-corrected chi connectivity index (χ4v) is 3.20. The molecule has 4 rings (SSSR count). The van der Waals surface area contributed by atoms with Crippen molar-refractivity contribution in [2.45, 2.75) is 12.3 Å². The molecule has 0 amide bonds. The van der Waals surface area contributed by atoms with Crippen molar-refractivity contribution in [3.8, 4) is 0 Å². The molecule has 1 aliphatic heterocycles. The van der Waals surface area contributed by atoms with Gasteiger partial charge in [-0.1, -0.05) is 18.2 Å². The first kappa shape index (κ1) is 12.3. The summed E-state index contributed by atoms with van der Waals surface area (Å²) in [5, 5.41) is 4.29. The van der Waals surface area contributed by atoms with Gasteiger partial charge < -0.3 is 10.6 Å². The van der Waals surface area contributed by atoms with Crippen LogP contribution in [0.4, 0.5) is 11.5 Å². The number of rotatable bonds is 3. The van der Waals surface area contributed by atoms with Crippen LogP contribution < -0.4 is 10.6 Å². The SMILES string of the molecule is NCCC1CN(c2nccn3nccc23)c2ccccc21. The maximum absolute atomic E-state index is 5.78. The first-order valence-electron chi connectivity index (χ1n) is 7.23. The lowest BCUT2D eigenvalue weighted by molar-refractivity contribution is 0.667. The molecule has 1 atom stereocenters. The van der Waals surface area contributed by atoms with Crippen LogP contribution in [-0.2, 0) is 0 Å². The molecule has 5 heteroatoms. The average molecular weight is 279 g/mol. The highest BCUT2D eigenvalue weighted by atomic mass is 15.3. The minimum absolute atomic E-state index is 0.469. The molecule has 106 valence electrons. The number of anilines is 2. The number of hydrogen-bond acceptors (Lipinski definition) is 4. The topological polar surface area (TPSA) is 59.5 Å². The van der Waals surface area contributed by atoms with Crippen molar-refractivity contribution in [1.29, 1.82) is 0 Å². The molecule has 1 unspecified atom stereocenters. The second-order valence-electron chi connectivity index (χ2n) is 5.36. The Hall–Kier alpha value is -2.40. The molecular weight excluding hydrogens is 262 g/mol. The lowest BCUT2D eigenvalue weighted by Gasteiger charge is -2.19. The summed E-state index contributed by atoms with van der Waals surface area (Å²) in [6, 6.07) is 10.5. The molecule has 5 nitrogen and oxygen atoms in total. The van der Waals surface area contributed by atoms with E-state index in [0.717, 1.165) is 24.3 Å². The lowest BCUT2D eigenvalue weighted by Crippen LogP contribution is -2.19. The quantitative estimate of drug-likeness (QED) is 0.799. The maximum Gasteiger partial charge on any atom is 0.159 e. The Morgan fingerprint density at radius 1 is 1.19 bits per heavy atom. The highest BCUT2D eigenvalue weighted by Crippen LogP contribution is 2.42. The summed E-state index contributed by atoms with van der Waals surface area (Å²) in [6.45, 7) is 1.63. The van der Waals surface area contributed by atoms with Crippen LogP contribution in [0, 0.1) is 0 Å². The van der Waals surface area contributed by atoms with E-state index in [4.69, 9.17) is 5.73 Å². The minimum Gasteiger partial charge on any atom is -0.330 e. The molecule has 1 aromatic carbocycles. The molecule has 21 heavy (non-hydrogen) atoms. The van der Waals surface area contributed by atoms with E-state index in [1.54, 1.807) is 12.4 Å². The smallest absolute Gasteiger partial charge is 0.159 e. The van der Waals surface area contributed by atoms with Gasteiger partial charge in [0.05, 0.1) is 6.20 Å². The number of benzene rings is 1. The fourth-order valence-electron chi connectivity index (χ4n) is 3.20. The van der Waals surface area contributed by atoms with Crippen LogP contribution in [0.15, 0.2) is 48.9 Å². The highest BCUT2D eigenvalue weighted by molar-refractivity contribution is 5.78. The molecule has 0 radical (unpaired) electrons. The van der Waals surface area contributed by atoms with E-state index < -0.39 is 0 Å². The van der Waals surface area contributed by atoms with Crippen LogP contribution in [0.25, 0.3) is 5.52 Å². The van der Waals surface area contributed by atoms with Crippen LogP contribution >= 0.6 is 0 Å². The Bertz CT molecular complexity index is 779. The Kier molecular flexibility index (Phi) is 2.86. The monoisotopic (exact) mass is 279 g/mol. The Morgan fingerprint density at radius 3 is 3.00 bits per heavy atom. The van der Waals surface area contributed by atoms with Crippen LogP contribution in [0.2, 0.25) is 0 Å². The van der Waals surface area contributed by atoms with Gasteiger partial charge in [0.1, 0.15) is 5.52 Å². The zero-order chi connectivity index (χ0) is 14.2. The molecule has 0 saturated heterocycles. The molecule has 3 heterocycles. The first-order valence-corrected chi connectivity index (χ1v) is 7.23. The molecule has 0 saturated carbocycles. The van der Waals surface area contributed by atoms with E-state index in [0.29, 0.717) is 12.5 Å². The van der Waals surface area contributed by atoms with Gasteiger partial charge in [-0.2, -0.15) is 5.10 Å². The molecule has 0 fully saturated rings. The van der Waals surface area contributed by atoms with Gasteiger partial charge in [0, 0.05) is 30.5 Å². The number of hydrogen-bond donors (Lipinski definition) is 1. The summed E-state index contributed by atoms with van der Waals surface area (Å²) >= 11 is 0. The van der Waals surface area contributed by atoms with Gasteiger partial charge >= 0.3 is 0 Å². The normalized spacial score (nSPS) is 17.4. The lowest BCUT2D eigenvalue weighted by atomic mass is 9.98. The molecule has 1 aliphatic rings. The summed E-state index contributed by atoms with van der Waals surface area (Å²) in [5.74, 6) is 1.43. The number of fused-ring (bicyclic) bond motifs is 2. The van der Waals surface area contributed by atoms with Crippen molar-refractivity contribution in [1.82, 2.24) is 14.6 Å². The summed E-state index contributed by atoms with van der Waals surface area (Å²) in [6.07, 6.45) is 6.47. The fraction of sp³-hybridized carbons (Fsp3) is 0.250. The average Bonchev–Trinajstić information content (AvgIpc) is 3.12. The summed E-state index contributed by atoms with van der Waals surface area (Å²) in [4.78, 5) is 6.87. The van der Waals surface area contributed by atoms with Crippen molar-refractivity contribution in [3.05, 3.63) is 54.5 Å². The van der Waals surface area contributed by atoms with Gasteiger partial charge in [0.25, 0.3) is 0 Å². The van der Waals surface area contributed by atoms with E-state index in [1.165, 1.54) is 11.3 Å². The number of aromatic nitrogens is 3. The Balaban J connectivity index is 1.85. The van der Waals surface area contributed by atoms with Gasteiger partial charge in [0.2, 0.25) is 0 Å². The van der Waals surface area contributed by atoms with Crippen molar-refractivity contribution >= 4 is 17.0 Å². The third-order valence-corrected chi connectivity index (χ3v) is 4.15. The molecular formula is C16H17N5. The van der Waals surface area contributed by atoms with Crippen molar-refractivity contribution in [2.24, 2.45) is 5.73 Å². The van der Waals surface area contributed by atoms with Gasteiger partial charge in [-0.15, -0.1) is 0 Å². The highest BCUT2D eigenvalue weighted by Gasteiger charge is 2.30. The van der Waals surface area contributed by atoms with E-state index in [-0.39, 0.29) is 0 Å². The Labute approximate surface area is 123 Å². The van der Waals surface area contributed by atoms with Crippen molar-refractivity contribution in [3.63, 3.8) is 0 Å². The van der Waals surface area contributed by atoms with Gasteiger partial charge in [-0.25, -0.2) is 9.50 Å². The van der Waals surface area contributed by atoms with E-state index in [9.17, 15) is 0 Å². The van der Waals surface area contributed by atoms with Crippen LogP contribution in [0.3, 0.4) is 0 Å². The standard InChI is InChI=1S/C16H17N5/c17-7-5-12-11-20(14-4-2-1-3-13(12)14)16-15-6-8-19-21(15)10-9-18-16/h1-4,6,8-10,12H,5,7,11,17H2. The third-order valence-electron chi connectivity index (χ3n) is 4.15. The van der Waals surface area contributed by atoms with E-state index in [1.807, 2.05) is 16.8 Å². The van der Waals surface area contributed by atoms with E-state index >= 15 is 0 Å². The predicted molar refractivity (Wildman–Crippen MR) is 82.8 cm³/mol. The van der Waals surface area contributed by atoms with E-state index in [2.05, 4.69) is 39.2 Å². The zero-order valence-electron chi connectivity index (χ0n) is 11.7. The number of nitrogens with two attached hydrogens (primary N) is 1. The predicted octanol–water partition coefficient (Wildman–Crippen LogP) is 2.31. The van der Waals surface area contributed by atoms with Crippen LogP contribution in [-0.4, -0.2) is 27.7 Å². The second-order valence-corrected chi connectivity index (χ2v) is 5.36. The first-order chi connectivity index (χ1) is 10.4. The zero-order valence-corrected chi connectivity index (χ0v) is 11.7. The maximum atomic E-state index is 5.78. The Morgan fingerprint density at radius 2 is 2.10 bits per heavy atom. The molecule has 3 aromatic rings.